The molecule has 3 rings (SSSR count). The monoisotopic (exact) mass is 267 g/mol. The number of H-pyrrole nitrogens is 2. The van der Waals surface area contributed by atoms with Gasteiger partial charge in [0.2, 0.25) is 5.91 Å². The van der Waals surface area contributed by atoms with Gasteiger partial charge in [0.05, 0.1) is 24.5 Å². The summed E-state index contributed by atoms with van der Waals surface area (Å²) in [6.07, 6.45) is 3.47. The molecule has 4 N–H and O–H groups in total. The van der Waals surface area contributed by atoms with Crippen LogP contribution in [-0.4, -0.2) is 26.1 Å². The van der Waals surface area contributed by atoms with Crippen LogP contribution in [0.4, 0.5) is 0 Å². The Balaban J connectivity index is 1.95. The molecule has 0 radical (unpaired) electrons. The average Bonchev–Trinajstić information content (AvgIpc) is 3.07. The SMILES string of the molecule is NC(=O)Cc1cn[nH]c1-c1ncc(-c2ccccc2)[nH]1. The van der Waals surface area contributed by atoms with Crippen LogP contribution in [0.5, 0.6) is 0 Å². The molecule has 0 saturated carbocycles. The lowest BCUT2D eigenvalue weighted by atomic mass is 10.1. The smallest absolute Gasteiger partial charge is 0.221 e. The largest absolute Gasteiger partial charge is 0.369 e. The van der Waals surface area contributed by atoms with Crippen molar-refractivity contribution < 1.29 is 4.79 Å². The van der Waals surface area contributed by atoms with Crippen LogP contribution < -0.4 is 5.73 Å². The van der Waals surface area contributed by atoms with Gasteiger partial charge in [0.25, 0.3) is 0 Å². The minimum Gasteiger partial charge on any atom is -0.369 e. The quantitative estimate of drug-likeness (QED) is 0.667. The number of hydrogen-bond acceptors (Lipinski definition) is 3. The number of carbonyl (C=O) groups is 1. The van der Waals surface area contributed by atoms with Crippen LogP contribution in [0.3, 0.4) is 0 Å². The highest BCUT2D eigenvalue weighted by atomic mass is 16.1. The van der Waals surface area contributed by atoms with Crippen LogP contribution in [0.15, 0.2) is 42.7 Å². The summed E-state index contributed by atoms with van der Waals surface area (Å²) < 4.78 is 0. The number of imidazole rings is 1. The molecule has 0 aliphatic carbocycles. The second-order valence-electron chi connectivity index (χ2n) is 4.42. The second-order valence-corrected chi connectivity index (χ2v) is 4.42. The van der Waals surface area contributed by atoms with Crippen LogP contribution in [0, 0.1) is 0 Å². The molecule has 6 nitrogen and oxygen atoms in total. The molecule has 2 aromatic heterocycles. The summed E-state index contributed by atoms with van der Waals surface area (Å²) in [6, 6.07) is 9.87. The topological polar surface area (TPSA) is 100 Å². The van der Waals surface area contributed by atoms with Crippen LogP contribution in [0.25, 0.3) is 22.8 Å². The summed E-state index contributed by atoms with van der Waals surface area (Å²) in [5.41, 5.74) is 8.58. The molecule has 0 spiro atoms. The molecular weight excluding hydrogens is 254 g/mol. The third-order valence-corrected chi connectivity index (χ3v) is 2.98. The van der Waals surface area contributed by atoms with E-state index in [1.54, 1.807) is 12.4 Å². The van der Waals surface area contributed by atoms with Crippen molar-refractivity contribution in [3.63, 3.8) is 0 Å². The Labute approximate surface area is 115 Å². The number of amides is 1. The molecule has 1 aromatic carbocycles. The summed E-state index contributed by atoms with van der Waals surface area (Å²) in [5, 5.41) is 6.78. The van der Waals surface area contributed by atoms with E-state index in [1.165, 1.54) is 0 Å². The highest BCUT2D eigenvalue weighted by Gasteiger charge is 2.13. The van der Waals surface area contributed by atoms with Gasteiger partial charge in [0.1, 0.15) is 5.69 Å². The first-order valence-electron chi connectivity index (χ1n) is 6.15. The van der Waals surface area contributed by atoms with E-state index in [0.29, 0.717) is 11.5 Å². The molecule has 1 amide bonds. The maximum Gasteiger partial charge on any atom is 0.221 e. The molecule has 100 valence electrons. The highest BCUT2D eigenvalue weighted by Crippen LogP contribution is 2.23. The maximum absolute atomic E-state index is 11.0. The fraction of sp³-hybridized carbons (Fsp3) is 0.0714. The van der Waals surface area contributed by atoms with Crippen molar-refractivity contribution in [2.45, 2.75) is 6.42 Å². The molecule has 0 aliphatic rings. The lowest BCUT2D eigenvalue weighted by Crippen LogP contribution is -2.13. The molecule has 2 heterocycles. The number of carbonyl (C=O) groups excluding carboxylic acids is 1. The van der Waals surface area contributed by atoms with Gasteiger partial charge in [0.15, 0.2) is 5.82 Å². The van der Waals surface area contributed by atoms with Crippen LogP contribution in [0.2, 0.25) is 0 Å². The number of rotatable bonds is 4. The van der Waals surface area contributed by atoms with Gasteiger partial charge >= 0.3 is 0 Å². The van der Waals surface area contributed by atoms with Crippen LogP contribution >= 0.6 is 0 Å². The fourth-order valence-electron chi connectivity index (χ4n) is 2.05. The Bertz CT molecular complexity index is 729. The van der Waals surface area contributed by atoms with Gasteiger partial charge in [-0.25, -0.2) is 4.98 Å². The van der Waals surface area contributed by atoms with E-state index in [0.717, 1.165) is 16.8 Å². The number of benzene rings is 1. The van der Waals surface area contributed by atoms with Crippen molar-refractivity contribution in [2.24, 2.45) is 5.73 Å². The molecule has 0 unspecified atom stereocenters. The minimum absolute atomic E-state index is 0.132. The van der Waals surface area contributed by atoms with Crippen molar-refractivity contribution in [1.29, 1.82) is 0 Å². The Morgan fingerprint density at radius 1 is 1.20 bits per heavy atom. The Kier molecular flexibility index (Phi) is 3.04. The highest BCUT2D eigenvalue weighted by molar-refractivity contribution is 5.78. The van der Waals surface area contributed by atoms with E-state index in [-0.39, 0.29) is 6.42 Å². The standard InChI is InChI=1S/C14H13N5O/c15-12(20)6-10-7-17-19-13(10)14-16-8-11(18-14)9-4-2-1-3-5-9/h1-5,7-8H,6H2,(H2,15,20)(H,16,18)(H,17,19). The van der Waals surface area contributed by atoms with Crippen molar-refractivity contribution in [3.8, 4) is 22.8 Å². The van der Waals surface area contributed by atoms with Gasteiger partial charge < -0.3 is 10.7 Å². The summed E-state index contributed by atoms with van der Waals surface area (Å²) in [5.74, 6) is 0.236. The molecule has 0 fully saturated rings. The Morgan fingerprint density at radius 3 is 2.75 bits per heavy atom. The summed E-state index contributed by atoms with van der Waals surface area (Å²) in [4.78, 5) is 18.6. The second kappa shape index (κ2) is 5.00. The van der Waals surface area contributed by atoms with Crippen LogP contribution in [-0.2, 0) is 11.2 Å². The molecule has 0 saturated heterocycles. The van der Waals surface area contributed by atoms with E-state index in [2.05, 4.69) is 20.2 Å². The van der Waals surface area contributed by atoms with Crippen LogP contribution in [0.1, 0.15) is 5.56 Å². The first-order valence-corrected chi connectivity index (χ1v) is 6.15. The van der Waals surface area contributed by atoms with Crippen molar-refractivity contribution >= 4 is 5.91 Å². The summed E-state index contributed by atoms with van der Waals surface area (Å²) >= 11 is 0. The molecule has 0 bridgehead atoms. The zero-order valence-electron chi connectivity index (χ0n) is 10.6. The molecule has 0 atom stereocenters. The molecule has 3 aromatic rings. The molecule has 20 heavy (non-hydrogen) atoms. The summed E-state index contributed by atoms with van der Waals surface area (Å²) in [6.45, 7) is 0. The van der Waals surface area contributed by atoms with Crippen molar-refractivity contribution in [3.05, 3.63) is 48.3 Å². The van der Waals surface area contributed by atoms with E-state index < -0.39 is 5.91 Å². The third kappa shape index (κ3) is 2.31. The average molecular weight is 267 g/mol. The van der Waals surface area contributed by atoms with E-state index in [9.17, 15) is 4.79 Å². The molecular formula is C14H13N5O. The number of hydrogen-bond donors (Lipinski definition) is 3. The van der Waals surface area contributed by atoms with Gasteiger partial charge in [-0.3, -0.25) is 9.89 Å². The Hall–Kier alpha value is -2.89. The number of aromatic amines is 2. The first-order chi connectivity index (χ1) is 9.74. The number of nitrogens with one attached hydrogen (secondary N) is 2. The number of nitrogens with two attached hydrogens (primary N) is 1. The van der Waals surface area contributed by atoms with Gasteiger partial charge in [-0.15, -0.1) is 0 Å². The lowest BCUT2D eigenvalue weighted by molar-refractivity contribution is -0.117. The normalized spacial score (nSPS) is 10.6. The number of nitrogens with zero attached hydrogens (tertiary/aromatic N) is 2. The lowest BCUT2D eigenvalue weighted by Gasteiger charge is -1.98. The van der Waals surface area contributed by atoms with E-state index in [1.807, 2.05) is 30.3 Å². The number of primary amides is 1. The molecule has 6 heteroatoms. The minimum atomic E-state index is -0.400. The van der Waals surface area contributed by atoms with Crippen molar-refractivity contribution in [1.82, 2.24) is 20.2 Å². The van der Waals surface area contributed by atoms with Gasteiger partial charge in [0, 0.05) is 5.56 Å². The summed E-state index contributed by atoms with van der Waals surface area (Å²) in [7, 11) is 0. The fourth-order valence-corrected chi connectivity index (χ4v) is 2.05. The Morgan fingerprint density at radius 2 is 2.00 bits per heavy atom. The first kappa shape index (κ1) is 12.2. The van der Waals surface area contributed by atoms with Gasteiger partial charge in [-0.2, -0.15) is 5.10 Å². The third-order valence-electron chi connectivity index (χ3n) is 2.98. The predicted octanol–water partition coefficient (Wildman–Crippen LogP) is 1.49. The van der Waals surface area contributed by atoms with E-state index in [4.69, 9.17) is 5.73 Å². The zero-order chi connectivity index (χ0) is 13.9. The van der Waals surface area contributed by atoms with Gasteiger partial charge in [-0.05, 0) is 5.56 Å². The number of aromatic nitrogens is 4. The zero-order valence-corrected chi connectivity index (χ0v) is 10.6. The maximum atomic E-state index is 11.0. The van der Waals surface area contributed by atoms with Crippen molar-refractivity contribution in [2.75, 3.05) is 0 Å². The predicted molar refractivity (Wildman–Crippen MR) is 74.5 cm³/mol. The van der Waals surface area contributed by atoms with Gasteiger partial charge in [-0.1, -0.05) is 30.3 Å². The molecule has 0 aliphatic heterocycles. The van der Waals surface area contributed by atoms with E-state index >= 15 is 0 Å².